The van der Waals surface area contributed by atoms with Gasteiger partial charge in [-0.2, -0.15) is 0 Å². The molecular formula is C28H31N3OS. The van der Waals surface area contributed by atoms with Gasteiger partial charge < -0.3 is 5.32 Å². The molecule has 1 aromatic heterocycles. The molecule has 0 spiro atoms. The Labute approximate surface area is 200 Å². The van der Waals surface area contributed by atoms with Gasteiger partial charge in [0.25, 0.3) is 0 Å². The smallest absolute Gasteiger partial charge is 0.239 e. The molecule has 33 heavy (non-hydrogen) atoms. The van der Waals surface area contributed by atoms with Crippen LogP contribution in [0.1, 0.15) is 58.7 Å². The third-order valence-corrected chi connectivity index (χ3v) is 8.35. The lowest BCUT2D eigenvalue weighted by molar-refractivity contribution is -0.131. The lowest BCUT2D eigenvalue weighted by Crippen LogP contribution is -2.62. The van der Waals surface area contributed by atoms with Crippen LogP contribution in [0.5, 0.6) is 0 Å². The Morgan fingerprint density at radius 3 is 2.39 bits per heavy atom. The number of benzene rings is 2. The van der Waals surface area contributed by atoms with Crippen LogP contribution in [0.4, 0.5) is 0 Å². The summed E-state index contributed by atoms with van der Waals surface area (Å²) in [7, 11) is 3.53. The highest BCUT2D eigenvalue weighted by Crippen LogP contribution is 2.46. The highest BCUT2D eigenvalue weighted by atomic mass is 32.1. The van der Waals surface area contributed by atoms with E-state index in [1.165, 1.54) is 40.7 Å². The van der Waals surface area contributed by atoms with Crippen molar-refractivity contribution < 1.29 is 4.79 Å². The molecule has 2 heterocycles. The summed E-state index contributed by atoms with van der Waals surface area (Å²) >= 11 is 1.71. The molecule has 5 rings (SSSR count). The van der Waals surface area contributed by atoms with Crippen LogP contribution in [0.2, 0.25) is 0 Å². The minimum atomic E-state index is -0.596. The number of aryl methyl sites for hydroxylation is 2. The quantitative estimate of drug-likeness (QED) is 0.526. The van der Waals surface area contributed by atoms with Crippen LogP contribution in [0.3, 0.4) is 0 Å². The van der Waals surface area contributed by atoms with Crippen LogP contribution < -0.4 is 5.32 Å². The number of nitrogens with one attached hydrogen (secondary N) is 1. The topological polar surface area (TPSA) is 44.7 Å². The number of likely N-dealkylation sites (N-methyl/N-ethyl adjacent to an activating group) is 1. The van der Waals surface area contributed by atoms with Crippen LogP contribution >= 0.6 is 11.3 Å². The van der Waals surface area contributed by atoms with Crippen molar-refractivity contribution in [2.24, 2.45) is 4.99 Å². The third kappa shape index (κ3) is 3.78. The molecule has 1 saturated heterocycles. The molecule has 2 aromatic carbocycles. The van der Waals surface area contributed by atoms with Crippen molar-refractivity contribution in [3.8, 4) is 11.1 Å². The van der Waals surface area contributed by atoms with Gasteiger partial charge in [-0.15, -0.1) is 11.3 Å². The van der Waals surface area contributed by atoms with Crippen molar-refractivity contribution >= 4 is 23.2 Å². The van der Waals surface area contributed by atoms with E-state index in [2.05, 4.69) is 85.0 Å². The third-order valence-electron chi connectivity index (χ3n) is 7.18. The number of thiophene rings is 1. The molecule has 3 aromatic rings. The first-order valence-electron chi connectivity index (χ1n) is 11.6. The molecule has 1 aliphatic heterocycles. The van der Waals surface area contributed by atoms with Crippen molar-refractivity contribution in [1.29, 1.82) is 0 Å². The lowest BCUT2D eigenvalue weighted by atomic mass is 9.76. The van der Waals surface area contributed by atoms with Gasteiger partial charge in [-0.3, -0.25) is 14.7 Å². The molecule has 2 aliphatic rings. The van der Waals surface area contributed by atoms with Gasteiger partial charge >= 0.3 is 0 Å². The van der Waals surface area contributed by atoms with Gasteiger partial charge in [0.2, 0.25) is 11.9 Å². The zero-order valence-electron chi connectivity index (χ0n) is 20.0. The normalized spacial score (nSPS) is 24.3. The molecule has 0 unspecified atom stereocenters. The minimum Gasteiger partial charge on any atom is -0.345 e. The standard InChI is InChI=1S/C28H31N3OS/c1-17-6-13-23(18(2)14-17)22-15-24(33-16-22)28(3)25(26(32)31(5)27(29-4)30-28)21-11-9-20(10-12-21)19-7-8-19/h6,9-16,19,25H,7-8H2,1-5H3,(H,29,30)/t25-,28+/m0/s1. The number of aliphatic imine (C=N–C) groups is 1. The van der Waals surface area contributed by atoms with Crippen molar-refractivity contribution in [3.63, 3.8) is 0 Å². The molecule has 1 N–H and O–H groups in total. The first-order chi connectivity index (χ1) is 15.8. The van der Waals surface area contributed by atoms with Crippen molar-refractivity contribution in [2.45, 2.75) is 51.0 Å². The first kappa shape index (κ1) is 21.9. The van der Waals surface area contributed by atoms with Gasteiger partial charge in [0.15, 0.2) is 0 Å². The van der Waals surface area contributed by atoms with Crippen molar-refractivity contribution in [2.75, 3.05) is 14.1 Å². The Morgan fingerprint density at radius 1 is 1.06 bits per heavy atom. The fourth-order valence-corrected chi connectivity index (χ4v) is 6.14. The predicted molar refractivity (Wildman–Crippen MR) is 137 cm³/mol. The molecular weight excluding hydrogens is 426 g/mol. The molecule has 5 heteroatoms. The van der Waals surface area contributed by atoms with Crippen LogP contribution in [0.15, 0.2) is 58.9 Å². The Bertz CT molecular complexity index is 1240. The highest BCUT2D eigenvalue weighted by molar-refractivity contribution is 7.10. The summed E-state index contributed by atoms with van der Waals surface area (Å²) in [6, 6.07) is 17.5. The monoisotopic (exact) mass is 457 g/mol. The number of amides is 1. The molecule has 0 radical (unpaired) electrons. The summed E-state index contributed by atoms with van der Waals surface area (Å²) in [6.07, 6.45) is 2.55. The number of rotatable bonds is 4. The minimum absolute atomic E-state index is 0.0671. The molecule has 2 atom stereocenters. The van der Waals surface area contributed by atoms with Gasteiger partial charge in [-0.1, -0.05) is 48.0 Å². The second-order valence-corrected chi connectivity index (χ2v) is 10.6. The molecule has 2 fully saturated rings. The van der Waals surface area contributed by atoms with Crippen LogP contribution in [0, 0.1) is 13.8 Å². The fraction of sp³-hybridized carbons (Fsp3) is 0.357. The Hall–Kier alpha value is -2.92. The maximum atomic E-state index is 13.7. The number of guanidine groups is 1. The predicted octanol–water partition coefficient (Wildman–Crippen LogP) is 5.96. The molecule has 1 saturated carbocycles. The van der Waals surface area contributed by atoms with E-state index in [1.807, 2.05) is 0 Å². The largest absolute Gasteiger partial charge is 0.345 e. The number of carbonyl (C=O) groups is 1. The Kier molecular flexibility index (Phi) is 5.40. The van der Waals surface area contributed by atoms with Crippen LogP contribution in [-0.2, 0) is 10.3 Å². The molecule has 4 nitrogen and oxygen atoms in total. The summed E-state index contributed by atoms with van der Waals surface area (Å²) in [5, 5.41) is 5.84. The zero-order valence-corrected chi connectivity index (χ0v) is 20.8. The maximum absolute atomic E-state index is 13.7. The molecule has 1 amide bonds. The number of nitrogens with zero attached hydrogens (tertiary/aromatic N) is 2. The summed E-state index contributed by atoms with van der Waals surface area (Å²) in [6.45, 7) is 6.42. The number of hydrogen-bond donors (Lipinski definition) is 1. The summed E-state index contributed by atoms with van der Waals surface area (Å²) < 4.78 is 0. The van der Waals surface area contributed by atoms with E-state index >= 15 is 0 Å². The van der Waals surface area contributed by atoms with Gasteiger partial charge in [-0.05, 0) is 78.8 Å². The van der Waals surface area contributed by atoms with E-state index in [0.717, 1.165) is 10.4 Å². The average molecular weight is 458 g/mol. The summed E-state index contributed by atoms with van der Waals surface area (Å²) in [5.74, 6) is 1.03. The number of carbonyl (C=O) groups excluding carboxylic acids is 1. The van der Waals surface area contributed by atoms with E-state index in [4.69, 9.17) is 0 Å². The Balaban J connectivity index is 1.58. The summed E-state index contributed by atoms with van der Waals surface area (Å²) in [5.41, 5.74) is 6.79. The summed E-state index contributed by atoms with van der Waals surface area (Å²) in [4.78, 5) is 20.9. The second kappa shape index (κ2) is 8.14. The van der Waals surface area contributed by atoms with Gasteiger partial charge in [0, 0.05) is 19.0 Å². The van der Waals surface area contributed by atoms with Gasteiger partial charge in [0.05, 0.1) is 11.5 Å². The fourth-order valence-electron chi connectivity index (χ4n) is 5.08. The van der Waals surface area contributed by atoms with Gasteiger partial charge in [-0.25, -0.2) is 0 Å². The van der Waals surface area contributed by atoms with E-state index < -0.39 is 5.54 Å². The van der Waals surface area contributed by atoms with Crippen LogP contribution in [0.25, 0.3) is 11.1 Å². The maximum Gasteiger partial charge on any atom is 0.239 e. The molecule has 1 aliphatic carbocycles. The van der Waals surface area contributed by atoms with E-state index in [-0.39, 0.29) is 11.8 Å². The van der Waals surface area contributed by atoms with Crippen LogP contribution in [-0.4, -0.2) is 30.9 Å². The van der Waals surface area contributed by atoms with Crippen molar-refractivity contribution in [3.05, 3.63) is 81.0 Å². The SMILES string of the molecule is CN=C1N[C@](C)(c2cc(-c3ccc(C)cc3C)cs2)[C@@H](c2ccc(C3CC3)cc2)C(=O)N1C. The average Bonchev–Trinajstić information content (AvgIpc) is 3.53. The molecule has 0 bridgehead atoms. The van der Waals surface area contributed by atoms with E-state index in [1.54, 1.807) is 30.3 Å². The lowest BCUT2D eigenvalue weighted by Gasteiger charge is -2.45. The van der Waals surface area contributed by atoms with E-state index in [0.29, 0.717) is 11.9 Å². The van der Waals surface area contributed by atoms with E-state index in [9.17, 15) is 4.79 Å². The van der Waals surface area contributed by atoms with Crippen molar-refractivity contribution in [1.82, 2.24) is 10.2 Å². The highest BCUT2D eigenvalue weighted by Gasteiger charge is 2.49. The Morgan fingerprint density at radius 2 is 1.76 bits per heavy atom. The zero-order chi connectivity index (χ0) is 23.3. The second-order valence-electron chi connectivity index (χ2n) is 9.66. The molecule has 170 valence electrons. The number of hydrogen-bond acceptors (Lipinski definition) is 3. The first-order valence-corrected chi connectivity index (χ1v) is 12.5. The van der Waals surface area contributed by atoms with Gasteiger partial charge in [0.1, 0.15) is 0 Å².